The third-order valence-electron chi connectivity index (χ3n) is 4.92. The van der Waals surface area contributed by atoms with Crippen molar-refractivity contribution >= 4 is 16.9 Å². The Hall–Kier alpha value is -2.79. The quantitative estimate of drug-likeness (QED) is 0.528. The molecular weight excluding hydrogens is 364 g/mol. The summed E-state index contributed by atoms with van der Waals surface area (Å²) in [6.45, 7) is 7.71. The van der Waals surface area contributed by atoms with Crippen LogP contribution in [0.1, 0.15) is 35.5 Å². The maximum Gasteiger partial charge on any atom is 0.340 e. The molecule has 5 nitrogen and oxygen atoms in total. The molecule has 0 amide bonds. The number of aromatic nitrogens is 1. The largest absolute Gasteiger partial charge is 0.489 e. The number of carbonyl (C=O) groups is 1. The van der Waals surface area contributed by atoms with E-state index < -0.39 is 0 Å². The summed E-state index contributed by atoms with van der Waals surface area (Å²) in [6.07, 6.45) is 0.0426. The number of likely N-dealkylation sites (N-methyl/N-ethyl adjacent to an activating group) is 1. The highest BCUT2D eigenvalue weighted by Crippen LogP contribution is 2.31. The lowest BCUT2D eigenvalue weighted by molar-refractivity contribution is 0.0527. The number of rotatable bonds is 8. The lowest BCUT2D eigenvalue weighted by Gasteiger charge is -2.19. The van der Waals surface area contributed by atoms with Gasteiger partial charge in [-0.25, -0.2) is 4.79 Å². The van der Waals surface area contributed by atoms with Gasteiger partial charge in [-0.1, -0.05) is 30.3 Å². The van der Waals surface area contributed by atoms with E-state index in [9.17, 15) is 4.79 Å². The second-order valence-electron chi connectivity index (χ2n) is 7.62. The monoisotopic (exact) mass is 394 g/mol. The molecule has 1 atom stereocenters. The summed E-state index contributed by atoms with van der Waals surface area (Å²) < 4.78 is 13.6. The molecule has 0 bridgehead atoms. The lowest BCUT2D eigenvalue weighted by Crippen LogP contribution is -2.27. The molecule has 1 heterocycles. The molecule has 0 fully saturated rings. The van der Waals surface area contributed by atoms with Gasteiger partial charge in [0.1, 0.15) is 11.9 Å². The SMILES string of the molecule is CCOC(=O)c1c(C)n(Cc2ccccc2)c2ccc(OC(C)CN(C)C)cc12. The van der Waals surface area contributed by atoms with Gasteiger partial charge in [0, 0.05) is 29.7 Å². The number of ether oxygens (including phenoxy) is 2. The third-order valence-corrected chi connectivity index (χ3v) is 4.92. The maximum absolute atomic E-state index is 12.7. The summed E-state index contributed by atoms with van der Waals surface area (Å²) in [5, 5.41) is 0.867. The van der Waals surface area contributed by atoms with Gasteiger partial charge in [0.05, 0.1) is 12.2 Å². The Kier molecular flexibility index (Phi) is 6.60. The van der Waals surface area contributed by atoms with Crippen molar-refractivity contribution in [3.8, 4) is 5.75 Å². The molecule has 0 aliphatic heterocycles. The van der Waals surface area contributed by atoms with Crippen molar-refractivity contribution in [3.63, 3.8) is 0 Å². The molecule has 0 N–H and O–H groups in total. The zero-order valence-electron chi connectivity index (χ0n) is 17.9. The van der Waals surface area contributed by atoms with Gasteiger partial charge in [0.2, 0.25) is 0 Å². The molecule has 5 heteroatoms. The van der Waals surface area contributed by atoms with Crippen LogP contribution in [0, 0.1) is 6.92 Å². The van der Waals surface area contributed by atoms with Crippen molar-refractivity contribution in [1.82, 2.24) is 9.47 Å². The molecule has 0 saturated heterocycles. The zero-order valence-corrected chi connectivity index (χ0v) is 17.9. The third kappa shape index (κ3) is 4.80. The molecule has 0 spiro atoms. The summed E-state index contributed by atoms with van der Waals surface area (Å²) in [5.74, 6) is 0.467. The fourth-order valence-corrected chi connectivity index (χ4v) is 3.75. The van der Waals surface area contributed by atoms with Crippen molar-refractivity contribution in [2.75, 3.05) is 27.2 Å². The van der Waals surface area contributed by atoms with Crippen LogP contribution in [0.5, 0.6) is 5.75 Å². The molecular formula is C24H30N2O3. The van der Waals surface area contributed by atoms with E-state index in [1.54, 1.807) is 0 Å². The van der Waals surface area contributed by atoms with Crippen LogP contribution in [0.25, 0.3) is 10.9 Å². The Morgan fingerprint density at radius 2 is 1.86 bits per heavy atom. The fraction of sp³-hybridized carbons (Fsp3) is 0.375. The minimum atomic E-state index is -0.291. The number of carbonyl (C=O) groups excluding carboxylic acids is 1. The fourth-order valence-electron chi connectivity index (χ4n) is 3.75. The molecule has 3 aromatic rings. The molecule has 0 radical (unpaired) electrons. The minimum Gasteiger partial charge on any atom is -0.489 e. The highest BCUT2D eigenvalue weighted by molar-refractivity contribution is 6.06. The highest BCUT2D eigenvalue weighted by Gasteiger charge is 2.22. The molecule has 0 aliphatic rings. The van der Waals surface area contributed by atoms with E-state index in [0.29, 0.717) is 18.7 Å². The first kappa shape index (κ1) is 20.9. The van der Waals surface area contributed by atoms with Gasteiger partial charge in [0.15, 0.2) is 0 Å². The van der Waals surface area contributed by atoms with Gasteiger partial charge in [-0.05, 0) is 58.6 Å². The Labute approximate surface area is 172 Å². The molecule has 1 unspecified atom stereocenters. The summed E-state index contributed by atoms with van der Waals surface area (Å²) in [4.78, 5) is 14.8. The van der Waals surface area contributed by atoms with Gasteiger partial charge in [0.25, 0.3) is 0 Å². The van der Waals surface area contributed by atoms with E-state index in [0.717, 1.165) is 28.9 Å². The second-order valence-corrected chi connectivity index (χ2v) is 7.62. The van der Waals surface area contributed by atoms with Gasteiger partial charge < -0.3 is 18.9 Å². The number of hydrogen-bond donors (Lipinski definition) is 0. The lowest BCUT2D eigenvalue weighted by atomic mass is 10.1. The molecule has 0 aliphatic carbocycles. The van der Waals surface area contributed by atoms with E-state index in [2.05, 4.69) is 21.6 Å². The highest BCUT2D eigenvalue weighted by atomic mass is 16.5. The van der Waals surface area contributed by atoms with Crippen LogP contribution >= 0.6 is 0 Å². The number of hydrogen-bond acceptors (Lipinski definition) is 4. The van der Waals surface area contributed by atoms with Crippen LogP contribution in [-0.2, 0) is 11.3 Å². The predicted octanol–water partition coefficient (Wildman–Crippen LogP) is 4.50. The summed E-state index contributed by atoms with van der Waals surface area (Å²) in [5.41, 5.74) is 3.70. The van der Waals surface area contributed by atoms with Crippen LogP contribution in [-0.4, -0.2) is 48.8 Å². The van der Waals surface area contributed by atoms with E-state index in [4.69, 9.17) is 9.47 Å². The van der Waals surface area contributed by atoms with Crippen LogP contribution in [0.3, 0.4) is 0 Å². The normalized spacial score (nSPS) is 12.3. The van der Waals surface area contributed by atoms with Gasteiger partial charge >= 0.3 is 5.97 Å². The van der Waals surface area contributed by atoms with Crippen LogP contribution in [0.2, 0.25) is 0 Å². The standard InChI is InChI=1S/C24H30N2O3/c1-6-28-24(27)23-18(3)26(16-19-10-8-7-9-11-19)22-13-12-20(14-21(22)23)29-17(2)15-25(4)5/h7-14,17H,6,15-16H2,1-5H3. The molecule has 0 saturated carbocycles. The van der Waals surface area contributed by atoms with Crippen molar-refractivity contribution in [2.24, 2.45) is 0 Å². The Morgan fingerprint density at radius 3 is 2.52 bits per heavy atom. The number of esters is 1. The van der Waals surface area contributed by atoms with Crippen molar-refractivity contribution in [1.29, 1.82) is 0 Å². The number of nitrogens with zero attached hydrogens (tertiary/aromatic N) is 2. The Bertz CT molecular complexity index is 977. The van der Waals surface area contributed by atoms with Crippen LogP contribution in [0.15, 0.2) is 48.5 Å². The predicted molar refractivity (Wildman–Crippen MR) is 117 cm³/mol. The number of benzene rings is 2. The molecule has 3 rings (SSSR count). The average molecular weight is 395 g/mol. The van der Waals surface area contributed by atoms with Gasteiger partial charge in [-0.3, -0.25) is 0 Å². The first-order chi connectivity index (χ1) is 13.9. The second kappa shape index (κ2) is 9.14. The molecule has 154 valence electrons. The zero-order chi connectivity index (χ0) is 21.0. The van der Waals surface area contributed by atoms with Crippen molar-refractivity contribution in [3.05, 3.63) is 65.4 Å². The summed E-state index contributed by atoms with van der Waals surface area (Å²) >= 11 is 0. The molecule has 29 heavy (non-hydrogen) atoms. The van der Waals surface area contributed by atoms with E-state index in [1.807, 2.05) is 71.3 Å². The average Bonchev–Trinajstić information content (AvgIpc) is 2.93. The van der Waals surface area contributed by atoms with E-state index in [1.165, 1.54) is 5.56 Å². The Morgan fingerprint density at radius 1 is 1.14 bits per heavy atom. The van der Waals surface area contributed by atoms with Crippen LogP contribution in [0.4, 0.5) is 0 Å². The van der Waals surface area contributed by atoms with Gasteiger partial charge in [-0.2, -0.15) is 0 Å². The minimum absolute atomic E-state index is 0.0426. The van der Waals surface area contributed by atoms with Crippen molar-refractivity contribution < 1.29 is 14.3 Å². The first-order valence-electron chi connectivity index (χ1n) is 10.1. The molecule has 1 aromatic heterocycles. The smallest absolute Gasteiger partial charge is 0.340 e. The maximum atomic E-state index is 12.7. The summed E-state index contributed by atoms with van der Waals surface area (Å²) in [7, 11) is 4.05. The first-order valence-corrected chi connectivity index (χ1v) is 10.1. The van der Waals surface area contributed by atoms with Gasteiger partial charge in [-0.15, -0.1) is 0 Å². The summed E-state index contributed by atoms with van der Waals surface area (Å²) in [6, 6.07) is 16.2. The van der Waals surface area contributed by atoms with Crippen LogP contribution < -0.4 is 4.74 Å². The Balaban J connectivity index is 2.05. The van der Waals surface area contributed by atoms with E-state index >= 15 is 0 Å². The number of fused-ring (bicyclic) bond motifs is 1. The molecule has 2 aromatic carbocycles. The van der Waals surface area contributed by atoms with Crippen molar-refractivity contribution in [2.45, 2.75) is 33.4 Å². The van der Waals surface area contributed by atoms with E-state index in [-0.39, 0.29) is 12.1 Å². The topological polar surface area (TPSA) is 43.7 Å².